The Kier molecular flexibility index (Phi) is 7.95. The van der Waals surface area contributed by atoms with Crippen LogP contribution in [0.15, 0.2) is 38.0 Å². The molecule has 3 aromatic rings. The van der Waals surface area contributed by atoms with E-state index in [0.717, 1.165) is 25.8 Å². The normalized spacial score (nSPS) is 18.2. The van der Waals surface area contributed by atoms with Crippen LogP contribution in [0.1, 0.15) is 59.7 Å². The minimum Gasteiger partial charge on any atom is -0.387 e. The van der Waals surface area contributed by atoms with Crippen molar-refractivity contribution in [1.29, 1.82) is 0 Å². The van der Waals surface area contributed by atoms with Gasteiger partial charge < -0.3 is 9.74 Å². The lowest BCUT2D eigenvalue weighted by Crippen LogP contribution is -2.41. The van der Waals surface area contributed by atoms with Gasteiger partial charge in [-0.2, -0.15) is 0 Å². The van der Waals surface area contributed by atoms with Gasteiger partial charge in [0.25, 0.3) is 12.0 Å². The number of hydrogen-bond donors (Lipinski definition) is 0. The van der Waals surface area contributed by atoms with E-state index in [-0.39, 0.29) is 28.9 Å². The molecule has 0 saturated carbocycles. The minimum atomic E-state index is -2.83. The van der Waals surface area contributed by atoms with Gasteiger partial charge in [-0.1, -0.05) is 34.4 Å². The van der Waals surface area contributed by atoms with E-state index < -0.39 is 17.7 Å². The van der Waals surface area contributed by atoms with Gasteiger partial charge in [-0.3, -0.25) is 14.3 Å². The smallest absolute Gasteiger partial charge is 0.281 e. The molecule has 0 radical (unpaired) electrons. The van der Waals surface area contributed by atoms with Gasteiger partial charge in [0.15, 0.2) is 6.10 Å². The number of thiazole rings is 1. The summed E-state index contributed by atoms with van der Waals surface area (Å²) in [6.45, 7) is 0.665. The van der Waals surface area contributed by atoms with E-state index in [9.17, 15) is 18.4 Å². The van der Waals surface area contributed by atoms with Gasteiger partial charge >= 0.3 is 0 Å². The van der Waals surface area contributed by atoms with Crippen LogP contribution in [-0.4, -0.2) is 44.0 Å². The number of carbonyl (C=O) groups excluding carboxylic acids is 1. The van der Waals surface area contributed by atoms with Crippen LogP contribution < -0.4 is 5.56 Å². The highest BCUT2D eigenvalue weighted by Gasteiger charge is 2.31. The van der Waals surface area contributed by atoms with Crippen molar-refractivity contribution in [3.05, 3.63) is 70.4 Å². The fraction of sp³-hybridized carbons (Fsp3) is 0.417. The van der Waals surface area contributed by atoms with Crippen molar-refractivity contribution in [3.63, 3.8) is 0 Å². The molecule has 14 heteroatoms. The molecule has 0 spiro atoms. The summed E-state index contributed by atoms with van der Waals surface area (Å²) >= 11 is 17.1. The van der Waals surface area contributed by atoms with E-state index in [1.165, 1.54) is 7.05 Å². The number of halogens is 5. The van der Waals surface area contributed by atoms with E-state index in [1.54, 1.807) is 34.4 Å². The average Bonchev–Trinajstić information content (AvgIpc) is 3.60. The molecule has 2 aliphatic heterocycles. The number of alkyl halides is 2. The predicted octanol–water partition coefficient (Wildman–Crippen LogP) is 5.92. The van der Waals surface area contributed by atoms with E-state index in [4.69, 9.17) is 33.0 Å². The van der Waals surface area contributed by atoms with Gasteiger partial charge in [-0.15, -0.1) is 11.3 Å². The maximum atomic E-state index is 13.3. The van der Waals surface area contributed by atoms with Gasteiger partial charge in [-0.25, -0.2) is 18.4 Å². The van der Waals surface area contributed by atoms with Crippen molar-refractivity contribution >= 4 is 62.1 Å². The molecule has 1 saturated heterocycles. The quantitative estimate of drug-likeness (QED) is 0.332. The highest BCUT2D eigenvalue weighted by molar-refractivity contribution is 9.10. The molecule has 5 rings (SSSR count). The van der Waals surface area contributed by atoms with Crippen molar-refractivity contribution in [2.75, 3.05) is 13.1 Å². The Morgan fingerprint density at radius 2 is 1.95 bits per heavy atom. The Labute approximate surface area is 238 Å². The van der Waals surface area contributed by atoms with Crippen molar-refractivity contribution < 1.29 is 18.4 Å². The van der Waals surface area contributed by atoms with Crippen molar-refractivity contribution in [2.45, 2.75) is 44.3 Å². The lowest BCUT2D eigenvalue weighted by molar-refractivity contribution is -0.133. The van der Waals surface area contributed by atoms with Crippen LogP contribution in [0.5, 0.6) is 0 Å². The third-order valence-corrected chi connectivity index (χ3v) is 9.27. The number of aromatic nitrogens is 3. The summed E-state index contributed by atoms with van der Waals surface area (Å²) in [4.78, 5) is 37.3. The number of benzene rings is 1. The summed E-state index contributed by atoms with van der Waals surface area (Å²) < 4.78 is 28.4. The summed E-state index contributed by atoms with van der Waals surface area (Å²) in [7, 11) is 1.35. The Bertz CT molecular complexity index is 1450. The highest BCUT2D eigenvalue weighted by atomic mass is 79.9. The van der Waals surface area contributed by atoms with E-state index >= 15 is 0 Å². The van der Waals surface area contributed by atoms with E-state index in [2.05, 4.69) is 21.1 Å². The van der Waals surface area contributed by atoms with Crippen LogP contribution in [-0.2, 0) is 23.2 Å². The minimum absolute atomic E-state index is 0.173. The monoisotopic (exact) mass is 647 g/mol. The lowest BCUT2D eigenvalue weighted by atomic mass is 9.97. The van der Waals surface area contributed by atoms with E-state index in [0.29, 0.717) is 48.0 Å². The zero-order valence-electron chi connectivity index (χ0n) is 20.0. The standard InChI is InChI=1S/C24H22BrCl2F2N5O3S/c1-32-21(22(28)29)20(25)24(36)34(32)10-18(35)33-7-5-12(6-8-33)23-30-16(11-38-23)15-9-17(37-31-15)19-13(26)3-2-4-14(19)27/h2-4,11-12,17,22H,5-10H2,1H3. The fourth-order valence-electron chi connectivity index (χ4n) is 4.76. The Morgan fingerprint density at radius 1 is 1.26 bits per heavy atom. The molecule has 2 aliphatic rings. The molecule has 2 aromatic heterocycles. The lowest BCUT2D eigenvalue weighted by Gasteiger charge is -2.31. The maximum Gasteiger partial charge on any atom is 0.281 e. The number of hydrogen-bond acceptors (Lipinski definition) is 6. The number of amides is 1. The molecular formula is C24H22BrCl2F2N5O3S. The molecule has 1 aromatic carbocycles. The van der Waals surface area contributed by atoms with Crippen molar-refractivity contribution in [1.82, 2.24) is 19.2 Å². The summed E-state index contributed by atoms with van der Waals surface area (Å²) in [5.41, 5.74) is 1.08. The van der Waals surface area contributed by atoms with Crippen LogP contribution in [0, 0.1) is 0 Å². The van der Waals surface area contributed by atoms with Gasteiger partial charge in [0.05, 0.1) is 10.7 Å². The number of likely N-dealkylation sites (tertiary alicyclic amines) is 1. The molecule has 1 amide bonds. The van der Waals surface area contributed by atoms with Crippen LogP contribution in [0.25, 0.3) is 0 Å². The number of rotatable bonds is 6. The Balaban J connectivity index is 1.19. The third kappa shape index (κ3) is 5.15. The Hall–Kier alpha value is -2.28. The van der Waals surface area contributed by atoms with Crippen LogP contribution in [0.2, 0.25) is 10.0 Å². The second kappa shape index (κ2) is 11.1. The molecular weight excluding hydrogens is 627 g/mol. The Morgan fingerprint density at radius 3 is 2.58 bits per heavy atom. The molecule has 8 nitrogen and oxygen atoms in total. The number of nitrogens with zero attached hydrogens (tertiary/aromatic N) is 5. The molecule has 38 heavy (non-hydrogen) atoms. The molecule has 1 fully saturated rings. The second-order valence-corrected chi connectivity index (χ2v) is 11.6. The fourth-order valence-corrected chi connectivity index (χ4v) is 7.04. The summed E-state index contributed by atoms with van der Waals surface area (Å²) in [6, 6.07) is 5.31. The summed E-state index contributed by atoms with van der Waals surface area (Å²) in [5.74, 6) is -0.118. The number of carbonyl (C=O) groups is 1. The second-order valence-electron chi connectivity index (χ2n) is 9.08. The molecule has 1 atom stereocenters. The van der Waals surface area contributed by atoms with Gasteiger partial charge in [0.1, 0.15) is 22.4 Å². The first kappa shape index (κ1) is 27.3. The van der Waals surface area contributed by atoms with Crippen LogP contribution >= 0.6 is 50.5 Å². The third-order valence-electron chi connectivity index (χ3n) is 6.85. The number of oxime groups is 1. The van der Waals surface area contributed by atoms with Crippen molar-refractivity contribution in [3.8, 4) is 0 Å². The first-order valence-electron chi connectivity index (χ1n) is 11.8. The first-order chi connectivity index (χ1) is 18.2. The molecule has 202 valence electrons. The largest absolute Gasteiger partial charge is 0.387 e. The predicted molar refractivity (Wildman–Crippen MR) is 144 cm³/mol. The maximum absolute atomic E-state index is 13.3. The van der Waals surface area contributed by atoms with Gasteiger partial charge in [-0.05, 0) is 40.9 Å². The van der Waals surface area contributed by atoms with Crippen LogP contribution in [0.4, 0.5) is 8.78 Å². The molecule has 0 N–H and O–H groups in total. The van der Waals surface area contributed by atoms with Gasteiger partial charge in [0.2, 0.25) is 5.91 Å². The molecule has 4 heterocycles. The van der Waals surface area contributed by atoms with Gasteiger partial charge in [0, 0.05) is 53.5 Å². The first-order valence-corrected chi connectivity index (χ1v) is 14.2. The van der Waals surface area contributed by atoms with Crippen LogP contribution in [0.3, 0.4) is 0 Å². The zero-order valence-corrected chi connectivity index (χ0v) is 24.0. The van der Waals surface area contributed by atoms with Crippen molar-refractivity contribution in [2.24, 2.45) is 12.2 Å². The molecule has 0 bridgehead atoms. The highest BCUT2D eigenvalue weighted by Crippen LogP contribution is 2.39. The summed E-state index contributed by atoms with van der Waals surface area (Å²) in [6.07, 6.45) is -1.30. The summed E-state index contributed by atoms with van der Waals surface area (Å²) in [5, 5.41) is 8.18. The molecule has 1 unspecified atom stereocenters. The van der Waals surface area contributed by atoms with E-state index in [1.807, 2.05) is 5.38 Å². The zero-order chi connectivity index (χ0) is 27.1. The SMILES string of the molecule is Cn1c(C(F)F)c(Br)c(=O)n1CC(=O)N1CCC(c2nc(C3=NOC(c4c(Cl)cccc4Cl)C3)cs2)CC1. The number of piperidine rings is 1. The average molecular weight is 649 g/mol. The molecule has 0 aliphatic carbocycles. The topological polar surface area (TPSA) is 81.7 Å².